The zero-order valence-electron chi connectivity index (χ0n) is 32.1. The summed E-state index contributed by atoms with van der Waals surface area (Å²) < 4.78 is 35.6. The van der Waals surface area contributed by atoms with E-state index in [4.69, 9.17) is 25.8 Å². The number of morpholine rings is 1. The molecule has 3 saturated heterocycles. The van der Waals surface area contributed by atoms with Crippen molar-refractivity contribution in [1.29, 1.82) is 0 Å². The maximum Gasteiger partial charge on any atom is 0.265 e. The maximum absolute atomic E-state index is 14.5. The molecule has 9 rings (SSSR count). The zero-order chi connectivity index (χ0) is 37.2. The van der Waals surface area contributed by atoms with Gasteiger partial charge in [0.15, 0.2) is 0 Å². The largest absolute Gasteiger partial charge is 0.490 e. The van der Waals surface area contributed by atoms with Crippen molar-refractivity contribution in [3.63, 3.8) is 0 Å². The Labute approximate surface area is 327 Å². The third-order valence-corrected chi connectivity index (χ3v) is 17.4. The van der Waals surface area contributed by atoms with Gasteiger partial charge in [0, 0.05) is 86.8 Å². The Morgan fingerprint density at radius 3 is 2.80 bits per heavy atom. The van der Waals surface area contributed by atoms with Gasteiger partial charge in [-0.25, -0.2) is 4.21 Å². The lowest BCUT2D eigenvalue weighted by Crippen LogP contribution is -2.62. The first-order chi connectivity index (χ1) is 26.1. The van der Waals surface area contributed by atoms with Gasteiger partial charge in [0.25, 0.3) is 5.91 Å². The molecule has 292 valence electrons. The van der Waals surface area contributed by atoms with Crippen LogP contribution >= 0.6 is 11.6 Å². The highest BCUT2D eigenvalue weighted by Crippen LogP contribution is 2.49. The predicted molar refractivity (Wildman–Crippen MR) is 216 cm³/mol. The summed E-state index contributed by atoms with van der Waals surface area (Å²) in [5.74, 6) is 5.66. The third-order valence-electron chi connectivity index (χ3n) is 14.4. The molecule has 0 aromatic heterocycles. The van der Waals surface area contributed by atoms with Gasteiger partial charge in [0.1, 0.15) is 11.4 Å². The average molecular weight is 777 g/mol. The SMILES string of the molecule is C=S1(=O)C2CCN1C(=O)c1ccc3c(c1)N(C[C@@H]1CC[C@H]1[C@@](CN1CCN4CCOC[C@@H]4C1)(OC)/C=C/C[C@@H]2C)C[C@@]1(CCCc2cc(Cl)ccc21)CO3. The van der Waals surface area contributed by atoms with E-state index in [-0.39, 0.29) is 22.5 Å². The van der Waals surface area contributed by atoms with E-state index in [0.717, 1.165) is 114 Å². The monoisotopic (exact) mass is 776 g/mol. The Hall–Kier alpha value is -2.60. The van der Waals surface area contributed by atoms with Gasteiger partial charge in [0.2, 0.25) is 0 Å². The van der Waals surface area contributed by atoms with E-state index in [9.17, 15) is 9.00 Å². The van der Waals surface area contributed by atoms with Crippen LogP contribution in [-0.4, -0.2) is 126 Å². The zero-order valence-corrected chi connectivity index (χ0v) is 33.6. The van der Waals surface area contributed by atoms with Crippen LogP contribution in [0.4, 0.5) is 5.69 Å². The molecule has 0 N–H and O–H groups in total. The molecular formula is C43H57ClN4O5S. The summed E-state index contributed by atoms with van der Waals surface area (Å²) in [5, 5.41) is 0.600. The Morgan fingerprint density at radius 2 is 1.96 bits per heavy atom. The van der Waals surface area contributed by atoms with Gasteiger partial charge in [-0.15, -0.1) is 0 Å². The number of carbonyl (C=O) groups excluding carboxylic acids is 1. The van der Waals surface area contributed by atoms with Gasteiger partial charge in [0.05, 0.1) is 35.2 Å². The summed E-state index contributed by atoms with van der Waals surface area (Å²) in [4.78, 5) is 22.0. The molecule has 2 aliphatic carbocycles. The standard InChI is InChI=1S/C43H57ClN4O5S/c1-30-6-4-16-43(51-2,28-45-18-19-46-20-21-52-26-35(46)25-45)37-11-8-33(37)24-47-27-42(15-5-7-31-22-34(44)10-12-36(31)42)29-53-39-13-9-32(23-38(39)47)41(49)48-17-14-40(30)54(48,3)50/h4,9-10,12-13,16,22-23,30,33,35,37,40H,3,5-8,11,14-15,17-21,24-29H2,1-2H3/b16-4+/t30-,33-,35-,37+,40?,42-,43+,54?/m0/s1. The Balaban J connectivity index is 1.12. The van der Waals surface area contributed by atoms with Crippen LogP contribution in [-0.2, 0) is 31.0 Å². The quantitative estimate of drug-likeness (QED) is 0.292. The van der Waals surface area contributed by atoms with Crippen LogP contribution in [0.1, 0.15) is 66.9 Å². The number of aryl methyl sites for hydroxylation is 1. The molecule has 1 spiro atoms. The summed E-state index contributed by atoms with van der Waals surface area (Å²) in [6.45, 7) is 11.3. The number of nitrogens with zero attached hydrogens (tertiary/aromatic N) is 4. The highest BCUT2D eigenvalue weighted by molar-refractivity contribution is 7.99. The van der Waals surface area contributed by atoms with Crippen LogP contribution in [0.3, 0.4) is 0 Å². The van der Waals surface area contributed by atoms with Crippen molar-refractivity contribution in [1.82, 2.24) is 14.1 Å². The van der Waals surface area contributed by atoms with E-state index in [2.05, 4.69) is 51.8 Å². The molecule has 8 atom stereocenters. The number of allylic oxidation sites excluding steroid dienone is 1. The number of rotatable bonds is 3. The number of methoxy groups -OCH3 is 1. The maximum atomic E-state index is 14.5. The van der Waals surface area contributed by atoms with Crippen molar-refractivity contribution in [3.05, 3.63) is 70.3 Å². The normalized spacial score (nSPS) is 37.8. The Morgan fingerprint density at radius 1 is 1.07 bits per heavy atom. The summed E-state index contributed by atoms with van der Waals surface area (Å²) in [7, 11) is -0.935. The number of piperazine rings is 1. The molecule has 5 aliphatic heterocycles. The van der Waals surface area contributed by atoms with Crippen molar-refractivity contribution in [2.24, 2.45) is 17.8 Å². The van der Waals surface area contributed by atoms with Crippen LogP contribution in [0.2, 0.25) is 5.02 Å². The second-order valence-corrected chi connectivity index (χ2v) is 20.3. The molecule has 2 unspecified atom stereocenters. The van der Waals surface area contributed by atoms with Gasteiger partial charge < -0.3 is 19.1 Å². The molecule has 0 radical (unpaired) electrons. The predicted octanol–water partition coefficient (Wildman–Crippen LogP) is 5.68. The van der Waals surface area contributed by atoms with Crippen molar-refractivity contribution in [2.45, 2.75) is 74.2 Å². The van der Waals surface area contributed by atoms with Crippen LogP contribution in [0, 0.1) is 17.8 Å². The number of anilines is 1. The summed E-state index contributed by atoms with van der Waals surface area (Å²) in [6, 6.07) is 12.7. The minimum absolute atomic E-state index is 0.104. The molecule has 54 heavy (non-hydrogen) atoms. The first-order valence-corrected chi connectivity index (χ1v) is 22.5. The van der Waals surface area contributed by atoms with Gasteiger partial charge >= 0.3 is 0 Å². The molecule has 7 aliphatic rings. The van der Waals surface area contributed by atoms with E-state index >= 15 is 0 Å². The van der Waals surface area contributed by atoms with Crippen molar-refractivity contribution in [2.75, 3.05) is 84.2 Å². The third kappa shape index (κ3) is 6.41. The van der Waals surface area contributed by atoms with Gasteiger partial charge in [-0.1, -0.05) is 36.7 Å². The summed E-state index contributed by atoms with van der Waals surface area (Å²) >= 11 is 6.54. The number of hydrogen-bond acceptors (Lipinski definition) is 8. The second kappa shape index (κ2) is 14.4. The molecule has 1 saturated carbocycles. The van der Waals surface area contributed by atoms with E-state index in [1.165, 1.54) is 11.1 Å². The molecule has 5 heterocycles. The Bertz CT molecular complexity index is 1910. The van der Waals surface area contributed by atoms with Gasteiger partial charge in [-0.2, -0.15) is 0 Å². The van der Waals surface area contributed by atoms with Gasteiger partial charge in [-0.05, 0) is 110 Å². The molecule has 9 nitrogen and oxygen atoms in total. The number of amides is 1. The first-order valence-electron chi connectivity index (χ1n) is 20.3. The minimum Gasteiger partial charge on any atom is -0.490 e. The lowest BCUT2D eigenvalue weighted by molar-refractivity contribution is -0.108. The summed E-state index contributed by atoms with van der Waals surface area (Å²) in [6.07, 6.45) is 11.4. The number of fused-ring (bicyclic) bond motifs is 7. The van der Waals surface area contributed by atoms with Crippen LogP contribution in [0.15, 0.2) is 48.6 Å². The van der Waals surface area contributed by atoms with E-state index in [0.29, 0.717) is 43.0 Å². The molecular weight excluding hydrogens is 720 g/mol. The number of halogens is 1. The fourth-order valence-electron chi connectivity index (χ4n) is 11.3. The molecule has 4 bridgehead atoms. The molecule has 1 amide bonds. The lowest BCUT2D eigenvalue weighted by Gasteiger charge is -2.53. The first kappa shape index (κ1) is 37.0. The highest BCUT2D eigenvalue weighted by Gasteiger charge is 2.50. The number of hydrogen-bond donors (Lipinski definition) is 0. The minimum atomic E-state index is -2.84. The molecule has 2 aromatic carbocycles. The van der Waals surface area contributed by atoms with Crippen molar-refractivity contribution >= 4 is 38.8 Å². The van der Waals surface area contributed by atoms with Crippen molar-refractivity contribution in [3.8, 4) is 5.75 Å². The highest BCUT2D eigenvalue weighted by atomic mass is 35.5. The Kier molecular flexibility index (Phi) is 9.87. The lowest BCUT2D eigenvalue weighted by atomic mass is 9.63. The van der Waals surface area contributed by atoms with E-state index in [1.807, 2.05) is 31.4 Å². The summed E-state index contributed by atoms with van der Waals surface area (Å²) in [5.41, 5.74) is 3.44. The van der Waals surface area contributed by atoms with E-state index in [1.54, 1.807) is 4.31 Å². The van der Waals surface area contributed by atoms with Crippen LogP contribution in [0.5, 0.6) is 5.75 Å². The molecule has 4 fully saturated rings. The average Bonchev–Trinajstić information content (AvgIpc) is 3.39. The van der Waals surface area contributed by atoms with Crippen LogP contribution in [0.25, 0.3) is 0 Å². The second-order valence-electron chi connectivity index (χ2n) is 17.4. The molecule has 2 aromatic rings. The number of benzene rings is 2. The fourth-order valence-corrected chi connectivity index (χ4v) is 13.9. The fraction of sp³-hybridized carbons (Fsp3) is 0.628. The number of carbonyl (C=O) groups is 1. The number of ether oxygens (including phenoxy) is 3. The topological polar surface area (TPSA) is 74.8 Å². The smallest absolute Gasteiger partial charge is 0.265 e. The van der Waals surface area contributed by atoms with Crippen molar-refractivity contribution < 1.29 is 23.2 Å². The molecule has 11 heteroatoms. The van der Waals surface area contributed by atoms with E-state index < -0.39 is 15.3 Å². The van der Waals surface area contributed by atoms with Crippen LogP contribution < -0.4 is 9.64 Å². The van der Waals surface area contributed by atoms with Gasteiger partial charge in [-0.3, -0.25) is 18.9 Å².